The third-order valence-corrected chi connectivity index (χ3v) is 5.05. The zero-order chi connectivity index (χ0) is 10.6. The molecule has 15 heavy (non-hydrogen) atoms. The summed E-state index contributed by atoms with van der Waals surface area (Å²) in [6, 6.07) is -0.192. The number of carboxylic acid groups (broad SMARTS) is 1. The first-order chi connectivity index (χ1) is 7.18. The smallest absolute Gasteiger partial charge is 0.321 e. The zero-order valence-electron chi connectivity index (χ0n) is 9.22. The maximum absolute atomic E-state index is 11.3. The lowest BCUT2D eigenvalue weighted by atomic mass is 9.58. The molecule has 4 aliphatic rings. The Morgan fingerprint density at radius 1 is 1.20 bits per heavy atom. The Bertz CT molecular complexity index is 283. The van der Waals surface area contributed by atoms with E-state index in [9.17, 15) is 9.90 Å². The lowest BCUT2D eigenvalue weighted by Gasteiger charge is -2.46. The van der Waals surface area contributed by atoms with Gasteiger partial charge in [-0.05, 0) is 56.4 Å². The fourth-order valence-electron chi connectivity index (χ4n) is 4.48. The van der Waals surface area contributed by atoms with E-state index >= 15 is 0 Å². The second-order valence-electron chi connectivity index (χ2n) is 5.64. The van der Waals surface area contributed by atoms with E-state index in [2.05, 4.69) is 4.90 Å². The Hall–Kier alpha value is -0.570. The van der Waals surface area contributed by atoms with Crippen LogP contribution < -0.4 is 0 Å². The van der Waals surface area contributed by atoms with Crippen LogP contribution in [0.5, 0.6) is 0 Å². The normalized spacial score (nSPS) is 49.3. The van der Waals surface area contributed by atoms with Crippen LogP contribution in [0.4, 0.5) is 0 Å². The molecular weight excluding hydrogens is 190 g/mol. The molecule has 4 rings (SSSR count). The molecule has 1 saturated heterocycles. The minimum absolute atomic E-state index is 0.192. The molecule has 1 aliphatic heterocycles. The van der Waals surface area contributed by atoms with Gasteiger partial charge in [0.15, 0.2) is 0 Å². The minimum Gasteiger partial charge on any atom is -0.480 e. The highest BCUT2D eigenvalue weighted by molar-refractivity contribution is 5.74. The molecule has 3 nitrogen and oxygen atoms in total. The van der Waals surface area contributed by atoms with Gasteiger partial charge in [-0.1, -0.05) is 0 Å². The predicted molar refractivity (Wildman–Crippen MR) is 56.5 cm³/mol. The fraction of sp³-hybridized carbons (Fsp3) is 0.917. The summed E-state index contributed by atoms with van der Waals surface area (Å²) < 4.78 is 0. The summed E-state index contributed by atoms with van der Waals surface area (Å²) in [5.74, 6) is 2.07. The van der Waals surface area contributed by atoms with Crippen molar-refractivity contribution in [1.82, 2.24) is 4.90 Å². The van der Waals surface area contributed by atoms with Crippen molar-refractivity contribution < 1.29 is 9.90 Å². The minimum atomic E-state index is -0.599. The molecule has 4 fully saturated rings. The summed E-state index contributed by atoms with van der Waals surface area (Å²) in [6.45, 7) is 1.02. The number of carboxylic acids is 1. The van der Waals surface area contributed by atoms with E-state index in [1.807, 2.05) is 7.05 Å². The van der Waals surface area contributed by atoms with Crippen molar-refractivity contribution in [2.24, 2.45) is 23.7 Å². The Morgan fingerprint density at radius 2 is 1.80 bits per heavy atom. The van der Waals surface area contributed by atoms with Crippen LogP contribution in [0.2, 0.25) is 0 Å². The molecule has 1 heterocycles. The van der Waals surface area contributed by atoms with Gasteiger partial charge in [0, 0.05) is 6.54 Å². The number of likely N-dealkylation sites (tertiary alicyclic amines) is 1. The van der Waals surface area contributed by atoms with Crippen molar-refractivity contribution in [3.05, 3.63) is 0 Å². The van der Waals surface area contributed by atoms with Crippen molar-refractivity contribution in [3.63, 3.8) is 0 Å². The lowest BCUT2D eigenvalue weighted by molar-refractivity contribution is -0.144. The average molecular weight is 209 g/mol. The topological polar surface area (TPSA) is 40.5 Å². The van der Waals surface area contributed by atoms with E-state index in [1.54, 1.807) is 0 Å². The van der Waals surface area contributed by atoms with Gasteiger partial charge in [0.1, 0.15) is 6.04 Å². The predicted octanol–water partition coefficient (Wildman–Crippen LogP) is 1.44. The molecule has 0 aromatic rings. The molecule has 84 valence electrons. The maximum atomic E-state index is 11.3. The number of nitrogens with zero attached hydrogens (tertiary/aromatic N) is 1. The van der Waals surface area contributed by atoms with E-state index < -0.39 is 5.97 Å². The van der Waals surface area contributed by atoms with E-state index in [0.29, 0.717) is 17.8 Å². The summed E-state index contributed by atoms with van der Waals surface area (Å²) in [5, 5.41) is 9.31. The molecule has 2 bridgehead atoms. The van der Waals surface area contributed by atoms with Crippen molar-refractivity contribution in [1.29, 1.82) is 0 Å². The van der Waals surface area contributed by atoms with E-state index in [1.165, 1.54) is 25.7 Å². The van der Waals surface area contributed by atoms with Crippen LogP contribution in [0, 0.1) is 23.7 Å². The van der Waals surface area contributed by atoms with Gasteiger partial charge in [-0.15, -0.1) is 0 Å². The maximum Gasteiger partial charge on any atom is 0.321 e. The van der Waals surface area contributed by atoms with E-state index in [4.69, 9.17) is 0 Å². The molecule has 1 N–H and O–H groups in total. The Morgan fingerprint density at radius 3 is 2.40 bits per heavy atom. The molecule has 3 aliphatic carbocycles. The number of aliphatic carboxylic acids is 1. The van der Waals surface area contributed by atoms with Gasteiger partial charge < -0.3 is 5.11 Å². The first-order valence-corrected chi connectivity index (χ1v) is 6.11. The standard InChI is InChI=1S/C12H19NO2/c1-13-6-9-7-2-4-8(5-3-7)10(9)11(13)12(14)15/h7-11H,2-6H2,1H3,(H,14,15)/t7?,8?,9-,10+,11+/m0/s1. The fourth-order valence-corrected chi connectivity index (χ4v) is 4.48. The van der Waals surface area contributed by atoms with E-state index in [-0.39, 0.29) is 6.04 Å². The third-order valence-electron chi connectivity index (χ3n) is 5.05. The molecule has 3 atom stereocenters. The lowest BCUT2D eigenvalue weighted by Crippen LogP contribution is -2.45. The highest BCUT2D eigenvalue weighted by Crippen LogP contribution is 2.53. The number of rotatable bonds is 1. The van der Waals surface area contributed by atoms with Gasteiger partial charge in [-0.2, -0.15) is 0 Å². The van der Waals surface area contributed by atoms with Gasteiger partial charge in [0.25, 0.3) is 0 Å². The van der Waals surface area contributed by atoms with Gasteiger partial charge in [-0.3, -0.25) is 9.69 Å². The zero-order valence-corrected chi connectivity index (χ0v) is 9.22. The van der Waals surface area contributed by atoms with Crippen LogP contribution in [0.25, 0.3) is 0 Å². The summed E-state index contributed by atoms with van der Waals surface area (Å²) >= 11 is 0. The van der Waals surface area contributed by atoms with Gasteiger partial charge in [0.2, 0.25) is 0 Å². The number of fused-ring (bicyclic) bond motifs is 2. The molecular formula is C12H19NO2. The number of hydrogen-bond acceptors (Lipinski definition) is 2. The Balaban J connectivity index is 1.91. The van der Waals surface area contributed by atoms with Crippen molar-refractivity contribution in [2.75, 3.05) is 13.6 Å². The van der Waals surface area contributed by atoms with Crippen LogP contribution in [0.3, 0.4) is 0 Å². The molecule has 0 unspecified atom stereocenters. The molecule has 0 aromatic carbocycles. The molecule has 0 spiro atoms. The second-order valence-corrected chi connectivity index (χ2v) is 5.64. The summed E-state index contributed by atoms with van der Waals surface area (Å²) in [4.78, 5) is 13.4. The first kappa shape index (κ1) is 9.64. The largest absolute Gasteiger partial charge is 0.480 e. The average Bonchev–Trinajstić information content (AvgIpc) is 2.58. The van der Waals surface area contributed by atoms with Gasteiger partial charge in [-0.25, -0.2) is 0 Å². The van der Waals surface area contributed by atoms with Gasteiger partial charge >= 0.3 is 5.97 Å². The van der Waals surface area contributed by atoms with Crippen molar-refractivity contribution >= 4 is 5.97 Å². The van der Waals surface area contributed by atoms with Crippen LogP contribution in [0.1, 0.15) is 25.7 Å². The van der Waals surface area contributed by atoms with E-state index in [0.717, 1.165) is 12.5 Å². The molecule has 0 radical (unpaired) electrons. The molecule has 3 heteroatoms. The van der Waals surface area contributed by atoms with Crippen molar-refractivity contribution in [3.8, 4) is 0 Å². The van der Waals surface area contributed by atoms with Crippen molar-refractivity contribution in [2.45, 2.75) is 31.7 Å². The van der Waals surface area contributed by atoms with Crippen LogP contribution in [-0.2, 0) is 4.79 Å². The first-order valence-electron chi connectivity index (χ1n) is 6.11. The summed E-state index contributed by atoms with van der Waals surface area (Å²) in [6.07, 6.45) is 5.27. The monoisotopic (exact) mass is 209 g/mol. The Kier molecular flexibility index (Phi) is 2.06. The Labute approximate surface area is 90.5 Å². The quantitative estimate of drug-likeness (QED) is 0.710. The highest BCUT2D eigenvalue weighted by Gasteiger charge is 2.54. The number of hydrogen-bond donors (Lipinski definition) is 1. The third kappa shape index (κ3) is 1.25. The molecule has 0 aromatic heterocycles. The second kappa shape index (κ2) is 3.21. The molecule has 0 amide bonds. The molecule has 3 saturated carbocycles. The van der Waals surface area contributed by atoms with Crippen LogP contribution >= 0.6 is 0 Å². The summed E-state index contributed by atoms with van der Waals surface area (Å²) in [7, 11) is 1.98. The number of likely N-dealkylation sites (N-methyl/N-ethyl adjacent to an activating group) is 1. The summed E-state index contributed by atoms with van der Waals surface area (Å²) in [5.41, 5.74) is 0. The SMILES string of the molecule is CN1C[C@H]2C3CCC(CC3)[C@H]2[C@@H]1C(=O)O. The van der Waals surface area contributed by atoms with Crippen LogP contribution in [0.15, 0.2) is 0 Å². The number of carbonyl (C=O) groups is 1. The van der Waals surface area contributed by atoms with Crippen LogP contribution in [-0.4, -0.2) is 35.6 Å². The van der Waals surface area contributed by atoms with Gasteiger partial charge in [0.05, 0.1) is 0 Å². The highest BCUT2D eigenvalue weighted by atomic mass is 16.4.